The minimum Gasteiger partial charge on any atom is -0.452 e. The highest BCUT2D eigenvalue weighted by Gasteiger charge is 2.23. The number of thioether (sulfide) groups is 1. The zero-order chi connectivity index (χ0) is 15.1. The first kappa shape index (κ1) is 16.0. The molecular weight excluding hydrogens is 280 g/mol. The van der Waals surface area contributed by atoms with E-state index in [-0.39, 0.29) is 0 Å². The van der Waals surface area contributed by atoms with Gasteiger partial charge >= 0.3 is 12.0 Å². The number of benzene rings is 1. The highest BCUT2D eigenvalue weighted by atomic mass is 32.2. The molecule has 1 rings (SSSR count). The van der Waals surface area contributed by atoms with E-state index in [1.807, 2.05) is 35.6 Å². The lowest BCUT2D eigenvalue weighted by molar-refractivity contribution is -0.153. The molecule has 2 atom stereocenters. The van der Waals surface area contributed by atoms with Crippen LogP contribution in [0.5, 0.6) is 0 Å². The highest BCUT2D eigenvalue weighted by Crippen LogP contribution is 2.23. The Balaban J connectivity index is 2.49. The summed E-state index contributed by atoms with van der Waals surface area (Å²) >= 11 is 1.32. The van der Waals surface area contributed by atoms with Gasteiger partial charge in [0.1, 0.15) is 5.25 Å². The number of ether oxygens (including phenoxy) is 1. The molecule has 0 saturated heterocycles. The standard InChI is InChI=1S/C13H16N2O4S/c1-8(11(16)15-13(14)18)19-12(17)9(2)20-10-6-4-3-5-7-10/h3-9H,1-2H3,(H3,14,15,16,18)/t8-,9-/m1/s1. The maximum atomic E-state index is 11.8. The van der Waals surface area contributed by atoms with Crippen molar-refractivity contribution in [2.24, 2.45) is 5.73 Å². The summed E-state index contributed by atoms with van der Waals surface area (Å²) in [6.07, 6.45) is -1.08. The fourth-order valence-corrected chi connectivity index (χ4v) is 2.17. The molecule has 0 saturated carbocycles. The van der Waals surface area contributed by atoms with Crippen LogP contribution in [0.25, 0.3) is 0 Å². The number of hydrogen-bond donors (Lipinski definition) is 2. The number of imide groups is 1. The number of rotatable bonds is 5. The number of carbonyl (C=O) groups excluding carboxylic acids is 3. The number of esters is 1. The van der Waals surface area contributed by atoms with Gasteiger partial charge in [-0.1, -0.05) is 18.2 Å². The van der Waals surface area contributed by atoms with E-state index in [0.29, 0.717) is 0 Å². The van der Waals surface area contributed by atoms with Crippen LogP contribution in [0, 0.1) is 0 Å². The lowest BCUT2D eigenvalue weighted by atomic mass is 10.3. The predicted molar refractivity (Wildman–Crippen MR) is 75.0 cm³/mol. The summed E-state index contributed by atoms with van der Waals surface area (Å²) in [5.41, 5.74) is 4.81. The lowest BCUT2D eigenvalue weighted by Crippen LogP contribution is -2.42. The van der Waals surface area contributed by atoms with Gasteiger partial charge in [-0.25, -0.2) is 4.79 Å². The van der Waals surface area contributed by atoms with Crippen LogP contribution >= 0.6 is 11.8 Å². The second kappa shape index (κ2) is 7.54. The molecule has 0 unspecified atom stereocenters. The molecule has 0 aromatic heterocycles. The number of nitrogens with one attached hydrogen (secondary N) is 1. The fraction of sp³-hybridized carbons (Fsp3) is 0.308. The molecule has 7 heteroatoms. The molecule has 20 heavy (non-hydrogen) atoms. The van der Waals surface area contributed by atoms with Crippen LogP contribution in [-0.4, -0.2) is 29.3 Å². The van der Waals surface area contributed by atoms with E-state index in [0.717, 1.165) is 4.90 Å². The van der Waals surface area contributed by atoms with Gasteiger partial charge in [-0.2, -0.15) is 0 Å². The van der Waals surface area contributed by atoms with Crippen molar-refractivity contribution in [1.29, 1.82) is 0 Å². The Morgan fingerprint density at radius 2 is 1.80 bits per heavy atom. The summed E-state index contributed by atoms with van der Waals surface area (Å²) in [7, 11) is 0. The van der Waals surface area contributed by atoms with Crippen LogP contribution in [0.2, 0.25) is 0 Å². The van der Waals surface area contributed by atoms with Crippen molar-refractivity contribution in [2.75, 3.05) is 0 Å². The van der Waals surface area contributed by atoms with Crippen LogP contribution in [0.3, 0.4) is 0 Å². The molecule has 1 aromatic rings. The number of hydrogen-bond acceptors (Lipinski definition) is 5. The molecular formula is C13H16N2O4S. The van der Waals surface area contributed by atoms with Crippen LogP contribution in [0.15, 0.2) is 35.2 Å². The number of carbonyl (C=O) groups is 3. The largest absolute Gasteiger partial charge is 0.452 e. The number of primary amides is 1. The first-order valence-corrected chi connectivity index (χ1v) is 6.80. The maximum Gasteiger partial charge on any atom is 0.319 e. The van der Waals surface area contributed by atoms with Crippen LogP contribution in [0.4, 0.5) is 4.79 Å². The van der Waals surface area contributed by atoms with E-state index in [2.05, 4.69) is 0 Å². The third kappa shape index (κ3) is 5.31. The van der Waals surface area contributed by atoms with Gasteiger partial charge in [0.05, 0.1) is 0 Å². The van der Waals surface area contributed by atoms with Gasteiger partial charge in [0.2, 0.25) is 0 Å². The van der Waals surface area contributed by atoms with E-state index in [9.17, 15) is 14.4 Å². The van der Waals surface area contributed by atoms with E-state index >= 15 is 0 Å². The summed E-state index contributed by atoms with van der Waals surface area (Å²) < 4.78 is 4.97. The minimum atomic E-state index is -1.08. The molecule has 0 aliphatic rings. The van der Waals surface area contributed by atoms with E-state index in [4.69, 9.17) is 10.5 Å². The van der Waals surface area contributed by atoms with Gasteiger partial charge in [-0.05, 0) is 26.0 Å². The molecule has 0 fully saturated rings. The molecule has 0 aliphatic heterocycles. The molecule has 0 bridgehead atoms. The number of urea groups is 1. The molecule has 3 N–H and O–H groups in total. The third-order valence-electron chi connectivity index (χ3n) is 2.30. The summed E-state index contributed by atoms with van der Waals surface area (Å²) in [6.45, 7) is 3.05. The summed E-state index contributed by atoms with van der Waals surface area (Å²) in [5.74, 6) is -1.28. The average Bonchev–Trinajstić information content (AvgIpc) is 2.38. The minimum absolute atomic E-state index is 0.471. The normalized spacial score (nSPS) is 13.1. The Kier molecular flexibility index (Phi) is 6.05. The number of nitrogens with two attached hydrogens (primary N) is 1. The maximum absolute atomic E-state index is 11.8. The SMILES string of the molecule is C[C@@H](OC(=O)[C@@H](C)Sc1ccccc1)C(=O)NC(N)=O. The Morgan fingerprint density at radius 3 is 2.35 bits per heavy atom. The molecule has 6 nitrogen and oxygen atoms in total. The van der Waals surface area contributed by atoms with Gasteiger partial charge in [-0.15, -0.1) is 11.8 Å². The fourth-order valence-electron chi connectivity index (χ4n) is 1.30. The van der Waals surface area contributed by atoms with Gasteiger partial charge in [0, 0.05) is 4.90 Å². The topological polar surface area (TPSA) is 98.5 Å². The Bertz CT molecular complexity index is 492. The predicted octanol–water partition coefficient (Wildman–Crippen LogP) is 1.29. The van der Waals surface area contributed by atoms with E-state index < -0.39 is 29.3 Å². The lowest BCUT2D eigenvalue weighted by Gasteiger charge is -2.15. The number of amides is 3. The average molecular weight is 296 g/mol. The third-order valence-corrected chi connectivity index (χ3v) is 3.39. The molecule has 108 valence electrons. The van der Waals surface area contributed by atoms with Crippen LogP contribution in [-0.2, 0) is 14.3 Å². The zero-order valence-corrected chi connectivity index (χ0v) is 12.0. The molecule has 0 radical (unpaired) electrons. The molecule has 0 heterocycles. The summed E-state index contributed by atoms with van der Waals surface area (Å²) in [4.78, 5) is 34.6. The second-order valence-electron chi connectivity index (χ2n) is 4.01. The van der Waals surface area contributed by atoms with E-state index in [1.165, 1.54) is 18.7 Å². The highest BCUT2D eigenvalue weighted by molar-refractivity contribution is 8.00. The van der Waals surface area contributed by atoms with Gasteiger partial charge in [0.25, 0.3) is 5.91 Å². The van der Waals surface area contributed by atoms with Gasteiger partial charge < -0.3 is 10.5 Å². The van der Waals surface area contributed by atoms with Crippen LogP contribution < -0.4 is 11.1 Å². The molecule has 3 amide bonds. The first-order chi connectivity index (χ1) is 9.40. The van der Waals surface area contributed by atoms with Crippen molar-refractivity contribution >= 4 is 29.7 Å². The summed E-state index contributed by atoms with van der Waals surface area (Å²) in [6, 6.07) is 8.37. The van der Waals surface area contributed by atoms with Crippen molar-refractivity contribution in [1.82, 2.24) is 5.32 Å². The first-order valence-electron chi connectivity index (χ1n) is 5.92. The van der Waals surface area contributed by atoms with Crippen molar-refractivity contribution in [2.45, 2.75) is 30.1 Å². The second-order valence-corrected chi connectivity index (χ2v) is 5.42. The molecule has 0 spiro atoms. The van der Waals surface area contributed by atoms with Crippen molar-refractivity contribution < 1.29 is 19.1 Å². The van der Waals surface area contributed by atoms with Gasteiger partial charge in [0.15, 0.2) is 6.10 Å². The van der Waals surface area contributed by atoms with Crippen molar-refractivity contribution in [3.05, 3.63) is 30.3 Å². The molecule has 0 aliphatic carbocycles. The van der Waals surface area contributed by atoms with Crippen LogP contribution in [0.1, 0.15) is 13.8 Å². The molecule has 1 aromatic carbocycles. The van der Waals surface area contributed by atoms with Gasteiger partial charge in [-0.3, -0.25) is 14.9 Å². The Morgan fingerprint density at radius 1 is 1.20 bits per heavy atom. The van der Waals surface area contributed by atoms with E-state index in [1.54, 1.807) is 6.92 Å². The zero-order valence-electron chi connectivity index (χ0n) is 11.2. The quantitative estimate of drug-likeness (QED) is 0.630. The Hall–Kier alpha value is -2.02. The van der Waals surface area contributed by atoms with Crippen molar-refractivity contribution in [3.8, 4) is 0 Å². The summed E-state index contributed by atoms with van der Waals surface area (Å²) in [5, 5.41) is 1.38. The van der Waals surface area contributed by atoms with Crippen molar-refractivity contribution in [3.63, 3.8) is 0 Å². The monoisotopic (exact) mass is 296 g/mol. The smallest absolute Gasteiger partial charge is 0.319 e. The Labute approximate surface area is 121 Å².